The molecule has 0 radical (unpaired) electrons. The van der Waals surface area contributed by atoms with Gasteiger partial charge in [-0.05, 0) is 36.8 Å². The lowest BCUT2D eigenvalue weighted by atomic mass is 10.1. The first-order chi connectivity index (χ1) is 16.2. The summed E-state index contributed by atoms with van der Waals surface area (Å²) in [5.74, 6) is -2.09. The van der Waals surface area contributed by atoms with Crippen LogP contribution in [0.3, 0.4) is 0 Å². The Labute approximate surface area is 191 Å². The molecule has 0 aliphatic rings. The largest absolute Gasteiger partial charge is 0.449 e. The molecule has 8 nitrogen and oxygen atoms in total. The first-order valence-corrected chi connectivity index (χ1v) is 10.1. The number of benzene rings is 2. The van der Waals surface area contributed by atoms with Crippen LogP contribution in [0.5, 0.6) is 0 Å². The summed E-state index contributed by atoms with van der Waals surface area (Å²) < 4.78 is 39.3. The van der Waals surface area contributed by atoms with Crippen molar-refractivity contribution in [3.8, 4) is 0 Å². The van der Waals surface area contributed by atoms with Gasteiger partial charge in [0.25, 0.3) is 11.8 Å². The number of hydrogen-bond acceptors (Lipinski definition) is 5. The van der Waals surface area contributed by atoms with Crippen molar-refractivity contribution in [2.24, 2.45) is 0 Å². The lowest BCUT2D eigenvalue weighted by Crippen LogP contribution is -2.20. The van der Waals surface area contributed by atoms with Crippen molar-refractivity contribution in [2.75, 3.05) is 17.7 Å². The standard InChI is InChI=1S/C23H19F3N6O2/c1-12-6-3-4-8-15(12)29-19-17(10-13(11-28-19)20(33)27-2)30-21(34)14-7-5-9-16-18(14)32-22(31-16)23(24,25)26/h3-11H,1-2H3,(H,27,33)(H,28,29)(H,30,34)(H,31,32). The maximum atomic E-state index is 13.1. The number of anilines is 3. The number of rotatable bonds is 5. The normalized spacial score (nSPS) is 11.3. The van der Waals surface area contributed by atoms with Crippen molar-refractivity contribution in [1.82, 2.24) is 20.3 Å². The molecule has 2 aromatic carbocycles. The van der Waals surface area contributed by atoms with Crippen LogP contribution in [0.2, 0.25) is 0 Å². The van der Waals surface area contributed by atoms with Gasteiger partial charge in [-0.3, -0.25) is 9.59 Å². The Morgan fingerprint density at radius 1 is 1.00 bits per heavy atom. The van der Waals surface area contributed by atoms with E-state index in [9.17, 15) is 22.8 Å². The number of carbonyl (C=O) groups excluding carboxylic acids is 2. The molecule has 0 spiro atoms. The minimum absolute atomic E-state index is 0.0653. The zero-order valence-corrected chi connectivity index (χ0v) is 18.0. The number of para-hydroxylation sites is 2. The molecule has 11 heteroatoms. The number of nitrogens with zero attached hydrogens (tertiary/aromatic N) is 2. The predicted octanol–water partition coefficient (Wildman–Crippen LogP) is 4.64. The topological polar surface area (TPSA) is 112 Å². The summed E-state index contributed by atoms with van der Waals surface area (Å²) in [4.78, 5) is 35.2. The maximum absolute atomic E-state index is 13.1. The fourth-order valence-corrected chi connectivity index (χ4v) is 3.31. The lowest BCUT2D eigenvalue weighted by molar-refractivity contribution is -0.144. The zero-order chi connectivity index (χ0) is 24.5. The van der Waals surface area contributed by atoms with Gasteiger partial charge in [0.15, 0.2) is 5.82 Å². The Bertz CT molecular complexity index is 1400. The highest BCUT2D eigenvalue weighted by Crippen LogP contribution is 2.31. The van der Waals surface area contributed by atoms with Crippen LogP contribution in [0.1, 0.15) is 32.1 Å². The summed E-state index contributed by atoms with van der Waals surface area (Å²) in [6.07, 6.45) is -3.34. The van der Waals surface area contributed by atoms with E-state index in [4.69, 9.17) is 0 Å². The number of aryl methyl sites for hydroxylation is 1. The number of pyridine rings is 1. The zero-order valence-electron chi connectivity index (χ0n) is 18.0. The number of carbonyl (C=O) groups is 2. The number of aromatic nitrogens is 3. The van der Waals surface area contributed by atoms with E-state index in [1.807, 2.05) is 31.2 Å². The van der Waals surface area contributed by atoms with E-state index in [1.54, 1.807) is 0 Å². The van der Waals surface area contributed by atoms with E-state index in [1.165, 1.54) is 37.5 Å². The van der Waals surface area contributed by atoms with E-state index >= 15 is 0 Å². The number of halogens is 3. The average molecular weight is 468 g/mol. The first-order valence-electron chi connectivity index (χ1n) is 10.1. The summed E-state index contributed by atoms with van der Waals surface area (Å²) in [5, 5.41) is 8.24. The molecule has 0 aliphatic heterocycles. The van der Waals surface area contributed by atoms with Crippen molar-refractivity contribution in [3.63, 3.8) is 0 Å². The molecule has 0 bridgehead atoms. The van der Waals surface area contributed by atoms with Crippen LogP contribution in [0.25, 0.3) is 11.0 Å². The van der Waals surface area contributed by atoms with Crippen molar-refractivity contribution < 1.29 is 22.8 Å². The molecule has 0 saturated carbocycles. The average Bonchev–Trinajstić information content (AvgIpc) is 3.26. The SMILES string of the molecule is CNC(=O)c1cnc(Nc2ccccc2C)c(NC(=O)c2cccc3[nH]c(C(F)(F)F)nc23)c1. The molecule has 0 aliphatic carbocycles. The third-order valence-corrected chi connectivity index (χ3v) is 5.05. The Kier molecular flexibility index (Phi) is 5.93. The highest BCUT2D eigenvalue weighted by atomic mass is 19.4. The number of amides is 2. The van der Waals surface area contributed by atoms with Crippen molar-refractivity contribution in [2.45, 2.75) is 13.1 Å². The lowest BCUT2D eigenvalue weighted by Gasteiger charge is -2.15. The Morgan fingerprint density at radius 3 is 2.47 bits per heavy atom. The molecular weight excluding hydrogens is 449 g/mol. The fraction of sp³-hybridized carbons (Fsp3) is 0.130. The second-order valence-electron chi connectivity index (χ2n) is 7.38. The molecule has 0 saturated heterocycles. The smallest absolute Gasteiger partial charge is 0.355 e. The molecule has 2 aromatic heterocycles. The summed E-state index contributed by atoms with van der Waals surface area (Å²) in [6.45, 7) is 1.88. The first kappa shape index (κ1) is 22.8. The van der Waals surface area contributed by atoms with E-state index in [0.29, 0.717) is 0 Å². The molecule has 34 heavy (non-hydrogen) atoms. The third-order valence-electron chi connectivity index (χ3n) is 5.05. The summed E-state index contributed by atoms with van der Waals surface area (Å²) in [5.41, 5.74) is 1.85. The second-order valence-corrected chi connectivity index (χ2v) is 7.38. The van der Waals surface area contributed by atoms with Gasteiger partial charge in [-0.2, -0.15) is 13.2 Å². The van der Waals surface area contributed by atoms with E-state index < -0.39 is 23.8 Å². The van der Waals surface area contributed by atoms with Gasteiger partial charge in [0.1, 0.15) is 5.52 Å². The van der Waals surface area contributed by atoms with Crippen LogP contribution in [0.15, 0.2) is 54.7 Å². The summed E-state index contributed by atoms with van der Waals surface area (Å²) in [6, 6.07) is 13.0. The Morgan fingerprint density at radius 2 is 1.76 bits per heavy atom. The third kappa shape index (κ3) is 4.53. The molecule has 0 fully saturated rings. The van der Waals surface area contributed by atoms with E-state index in [0.717, 1.165) is 11.3 Å². The number of H-pyrrole nitrogens is 1. The van der Waals surface area contributed by atoms with Crippen LogP contribution in [-0.2, 0) is 6.18 Å². The highest BCUT2D eigenvalue weighted by Gasteiger charge is 2.35. The number of nitrogens with one attached hydrogen (secondary N) is 4. The van der Waals surface area contributed by atoms with Gasteiger partial charge in [-0.25, -0.2) is 9.97 Å². The van der Waals surface area contributed by atoms with Crippen LogP contribution in [0, 0.1) is 6.92 Å². The maximum Gasteiger partial charge on any atom is 0.449 e. The van der Waals surface area contributed by atoms with Crippen molar-refractivity contribution in [1.29, 1.82) is 0 Å². The van der Waals surface area contributed by atoms with E-state index in [-0.39, 0.29) is 33.7 Å². The van der Waals surface area contributed by atoms with Crippen molar-refractivity contribution in [3.05, 3.63) is 77.2 Å². The molecular formula is C23H19F3N6O2. The molecule has 4 N–H and O–H groups in total. The minimum atomic E-state index is -4.69. The van der Waals surface area contributed by atoms with Crippen LogP contribution < -0.4 is 16.0 Å². The number of alkyl halides is 3. The monoisotopic (exact) mass is 468 g/mol. The van der Waals surface area contributed by atoms with Crippen LogP contribution >= 0.6 is 0 Å². The molecule has 0 atom stereocenters. The fourth-order valence-electron chi connectivity index (χ4n) is 3.31. The van der Waals surface area contributed by atoms with Crippen LogP contribution in [-0.4, -0.2) is 33.8 Å². The molecule has 4 rings (SSSR count). The highest BCUT2D eigenvalue weighted by molar-refractivity contribution is 6.12. The number of imidazole rings is 1. The van der Waals surface area contributed by atoms with E-state index in [2.05, 4.69) is 30.9 Å². The molecule has 0 unspecified atom stereocenters. The minimum Gasteiger partial charge on any atom is -0.355 e. The summed E-state index contributed by atoms with van der Waals surface area (Å²) in [7, 11) is 1.45. The molecule has 4 aromatic rings. The predicted molar refractivity (Wildman–Crippen MR) is 121 cm³/mol. The molecule has 2 amide bonds. The number of fused-ring (bicyclic) bond motifs is 1. The second kappa shape index (κ2) is 8.85. The quantitative estimate of drug-likeness (QED) is 0.341. The van der Waals surface area contributed by atoms with Gasteiger partial charge in [-0.1, -0.05) is 24.3 Å². The van der Waals surface area contributed by atoms with Crippen LogP contribution in [0.4, 0.5) is 30.4 Å². The number of hydrogen-bond donors (Lipinski definition) is 4. The van der Waals surface area contributed by atoms with Gasteiger partial charge in [0.2, 0.25) is 5.82 Å². The van der Waals surface area contributed by atoms with Crippen molar-refractivity contribution >= 4 is 40.0 Å². The van der Waals surface area contributed by atoms with Gasteiger partial charge in [-0.15, -0.1) is 0 Å². The summed E-state index contributed by atoms with van der Waals surface area (Å²) >= 11 is 0. The van der Waals surface area contributed by atoms with Gasteiger partial charge in [0.05, 0.1) is 22.3 Å². The Hall–Kier alpha value is -4.41. The molecule has 2 heterocycles. The van der Waals surface area contributed by atoms with Gasteiger partial charge < -0.3 is 20.9 Å². The molecule has 174 valence electrons. The van der Waals surface area contributed by atoms with Gasteiger partial charge >= 0.3 is 6.18 Å². The Balaban J connectivity index is 1.73. The van der Waals surface area contributed by atoms with Gasteiger partial charge in [0, 0.05) is 18.9 Å². The number of aromatic amines is 1.